The number of fused-ring (bicyclic) bond motifs is 1. The maximum absolute atomic E-state index is 13.5. The van der Waals surface area contributed by atoms with Crippen molar-refractivity contribution in [3.63, 3.8) is 0 Å². The van der Waals surface area contributed by atoms with E-state index in [1.807, 2.05) is 0 Å². The highest BCUT2D eigenvalue weighted by atomic mass is 19.1. The molecule has 1 aliphatic heterocycles. The second kappa shape index (κ2) is 5.39. The van der Waals surface area contributed by atoms with Gasteiger partial charge in [-0.25, -0.2) is 9.18 Å². The molecule has 2 aromatic carbocycles. The van der Waals surface area contributed by atoms with Crippen LogP contribution in [0.15, 0.2) is 42.5 Å². The van der Waals surface area contributed by atoms with Crippen molar-refractivity contribution in [2.24, 2.45) is 0 Å². The molecule has 3 rings (SSSR count). The fraction of sp³-hybridized carbons (Fsp3) is 0.176. The van der Waals surface area contributed by atoms with Gasteiger partial charge in [0.2, 0.25) is 0 Å². The quantitative estimate of drug-likeness (QED) is 0.855. The van der Waals surface area contributed by atoms with Gasteiger partial charge in [0.1, 0.15) is 11.4 Å². The van der Waals surface area contributed by atoms with E-state index in [1.165, 1.54) is 25.3 Å². The van der Waals surface area contributed by atoms with Gasteiger partial charge in [0.05, 0.1) is 12.7 Å². The Hall–Kier alpha value is -2.89. The van der Waals surface area contributed by atoms with Gasteiger partial charge in [0, 0.05) is 16.9 Å². The largest absolute Gasteiger partial charge is 0.465 e. The van der Waals surface area contributed by atoms with E-state index in [9.17, 15) is 14.0 Å². The van der Waals surface area contributed by atoms with Gasteiger partial charge in [-0.2, -0.15) is 0 Å². The molecule has 2 aromatic rings. The molecule has 2 N–H and O–H groups in total. The minimum Gasteiger partial charge on any atom is -0.465 e. The van der Waals surface area contributed by atoms with Crippen LogP contribution in [0.25, 0.3) is 0 Å². The van der Waals surface area contributed by atoms with Crippen LogP contribution in [-0.2, 0) is 15.1 Å². The van der Waals surface area contributed by atoms with Crippen LogP contribution in [-0.4, -0.2) is 19.0 Å². The summed E-state index contributed by atoms with van der Waals surface area (Å²) in [7, 11) is 1.31. The van der Waals surface area contributed by atoms with E-state index in [1.54, 1.807) is 31.2 Å². The highest BCUT2D eigenvalue weighted by molar-refractivity contribution is 6.07. The van der Waals surface area contributed by atoms with E-state index >= 15 is 0 Å². The molecule has 23 heavy (non-hydrogen) atoms. The summed E-state index contributed by atoms with van der Waals surface area (Å²) in [6, 6.07) is 10.7. The third-order valence-corrected chi connectivity index (χ3v) is 3.92. The number of ether oxygens (including phenoxy) is 1. The summed E-state index contributed by atoms with van der Waals surface area (Å²) in [5.74, 6) is -1.11. The van der Waals surface area contributed by atoms with Gasteiger partial charge in [-0.05, 0) is 49.4 Å². The predicted octanol–water partition coefficient (Wildman–Crippen LogP) is 2.89. The number of amides is 1. The fourth-order valence-electron chi connectivity index (χ4n) is 2.63. The van der Waals surface area contributed by atoms with Crippen molar-refractivity contribution in [1.29, 1.82) is 0 Å². The van der Waals surface area contributed by atoms with Gasteiger partial charge in [0.25, 0.3) is 5.91 Å². The summed E-state index contributed by atoms with van der Waals surface area (Å²) in [5.41, 5.74) is 1.07. The lowest BCUT2D eigenvalue weighted by Crippen LogP contribution is -2.39. The van der Waals surface area contributed by atoms with Crippen molar-refractivity contribution in [1.82, 2.24) is 0 Å². The number of nitrogens with one attached hydrogen (secondary N) is 2. The Bertz CT molecular complexity index is 789. The first-order valence-electron chi connectivity index (χ1n) is 7.02. The molecule has 0 bridgehead atoms. The Morgan fingerprint density at radius 1 is 1.22 bits per heavy atom. The zero-order valence-corrected chi connectivity index (χ0v) is 12.6. The summed E-state index contributed by atoms with van der Waals surface area (Å²) in [6.45, 7) is 1.68. The maximum Gasteiger partial charge on any atom is 0.337 e. The van der Waals surface area contributed by atoms with Gasteiger partial charge >= 0.3 is 5.97 Å². The summed E-state index contributed by atoms with van der Waals surface area (Å²) in [5, 5.41) is 5.84. The number of anilines is 2. The Kier molecular flexibility index (Phi) is 3.52. The molecule has 0 radical (unpaired) electrons. The molecule has 6 heteroatoms. The SMILES string of the molecule is COC(=O)c1ccc(NC2(C)C(=O)Nc3ccc(F)cc32)cc1. The van der Waals surface area contributed by atoms with Crippen molar-refractivity contribution in [3.05, 3.63) is 59.4 Å². The third kappa shape index (κ3) is 2.52. The van der Waals surface area contributed by atoms with E-state index < -0.39 is 17.3 Å². The number of carbonyl (C=O) groups excluding carboxylic acids is 2. The molecule has 1 atom stereocenters. The Balaban J connectivity index is 1.92. The molecule has 1 amide bonds. The number of carbonyl (C=O) groups is 2. The fourth-order valence-corrected chi connectivity index (χ4v) is 2.63. The first-order chi connectivity index (χ1) is 10.9. The van der Waals surface area contributed by atoms with Gasteiger partial charge in [-0.15, -0.1) is 0 Å². The van der Waals surface area contributed by atoms with Crippen molar-refractivity contribution in [2.75, 3.05) is 17.7 Å². The number of methoxy groups -OCH3 is 1. The molecule has 0 aliphatic carbocycles. The number of benzene rings is 2. The Morgan fingerprint density at radius 2 is 1.91 bits per heavy atom. The lowest BCUT2D eigenvalue weighted by Gasteiger charge is -2.25. The van der Waals surface area contributed by atoms with Crippen molar-refractivity contribution in [3.8, 4) is 0 Å². The summed E-state index contributed by atoms with van der Waals surface area (Å²) >= 11 is 0. The number of esters is 1. The van der Waals surface area contributed by atoms with Crippen molar-refractivity contribution >= 4 is 23.3 Å². The number of hydrogen-bond acceptors (Lipinski definition) is 4. The van der Waals surface area contributed by atoms with E-state index in [-0.39, 0.29) is 5.91 Å². The third-order valence-electron chi connectivity index (χ3n) is 3.92. The van der Waals surface area contributed by atoms with Crippen LogP contribution < -0.4 is 10.6 Å². The predicted molar refractivity (Wildman–Crippen MR) is 83.8 cm³/mol. The minimum atomic E-state index is -1.09. The molecule has 1 unspecified atom stereocenters. The first kappa shape index (κ1) is 15.0. The second-order valence-corrected chi connectivity index (χ2v) is 5.46. The van der Waals surface area contributed by atoms with E-state index in [0.29, 0.717) is 22.5 Å². The highest BCUT2D eigenvalue weighted by Gasteiger charge is 2.43. The molecule has 0 saturated heterocycles. The molecule has 1 aliphatic rings. The molecule has 0 fully saturated rings. The lowest BCUT2D eigenvalue weighted by molar-refractivity contribution is -0.119. The van der Waals surface area contributed by atoms with Crippen LogP contribution in [0.4, 0.5) is 15.8 Å². The van der Waals surface area contributed by atoms with Crippen LogP contribution >= 0.6 is 0 Å². The average Bonchev–Trinajstić information content (AvgIpc) is 2.79. The molecule has 5 nitrogen and oxygen atoms in total. The topological polar surface area (TPSA) is 67.4 Å². The van der Waals surface area contributed by atoms with Gasteiger partial charge in [-0.3, -0.25) is 4.79 Å². The number of hydrogen-bond donors (Lipinski definition) is 2. The van der Waals surface area contributed by atoms with E-state index in [0.717, 1.165) is 0 Å². The summed E-state index contributed by atoms with van der Waals surface area (Å²) in [6.07, 6.45) is 0. The standard InChI is InChI=1S/C17H15FN2O3/c1-17(13-9-11(18)5-8-14(13)19-16(17)22)20-12-6-3-10(4-7-12)15(21)23-2/h3-9,20H,1-2H3,(H,19,22). The van der Waals surface area contributed by atoms with Crippen LogP contribution in [0.3, 0.4) is 0 Å². The number of halogens is 1. The van der Waals surface area contributed by atoms with Crippen LogP contribution in [0.5, 0.6) is 0 Å². The first-order valence-corrected chi connectivity index (χ1v) is 7.02. The van der Waals surface area contributed by atoms with Gasteiger partial charge < -0.3 is 15.4 Å². The maximum atomic E-state index is 13.5. The van der Waals surface area contributed by atoms with Gasteiger partial charge in [0.15, 0.2) is 0 Å². The molecule has 118 valence electrons. The Labute approximate surface area is 132 Å². The van der Waals surface area contributed by atoms with Crippen LogP contribution in [0, 0.1) is 5.82 Å². The second-order valence-electron chi connectivity index (χ2n) is 5.46. The number of rotatable bonds is 3. The normalized spacial score (nSPS) is 19.0. The molecule has 0 saturated carbocycles. The molecule has 1 heterocycles. The minimum absolute atomic E-state index is 0.268. The van der Waals surface area contributed by atoms with Crippen molar-refractivity contribution in [2.45, 2.75) is 12.5 Å². The zero-order chi connectivity index (χ0) is 16.6. The van der Waals surface area contributed by atoms with Gasteiger partial charge in [-0.1, -0.05) is 0 Å². The highest BCUT2D eigenvalue weighted by Crippen LogP contribution is 2.38. The lowest BCUT2D eigenvalue weighted by atomic mass is 9.93. The van der Waals surface area contributed by atoms with E-state index in [4.69, 9.17) is 0 Å². The Morgan fingerprint density at radius 3 is 2.57 bits per heavy atom. The summed E-state index contributed by atoms with van der Waals surface area (Å²) in [4.78, 5) is 23.8. The smallest absolute Gasteiger partial charge is 0.337 e. The van der Waals surface area contributed by atoms with Crippen LogP contribution in [0.1, 0.15) is 22.8 Å². The molecular formula is C17H15FN2O3. The molecule has 0 aromatic heterocycles. The average molecular weight is 314 g/mol. The zero-order valence-electron chi connectivity index (χ0n) is 12.6. The monoisotopic (exact) mass is 314 g/mol. The van der Waals surface area contributed by atoms with E-state index in [2.05, 4.69) is 15.4 Å². The molecular weight excluding hydrogens is 299 g/mol. The molecule has 0 spiro atoms. The van der Waals surface area contributed by atoms with Crippen LogP contribution in [0.2, 0.25) is 0 Å². The van der Waals surface area contributed by atoms with Crippen molar-refractivity contribution < 1.29 is 18.7 Å². The summed E-state index contributed by atoms with van der Waals surface area (Å²) < 4.78 is 18.2.